The molecule has 0 N–H and O–H groups in total. The summed E-state index contributed by atoms with van der Waals surface area (Å²) in [6, 6.07) is 11.1. The predicted octanol–water partition coefficient (Wildman–Crippen LogP) is 4.52. The van der Waals surface area contributed by atoms with Crippen LogP contribution in [0.4, 0.5) is 4.39 Å². The Balaban J connectivity index is 2.39. The standard InChI is InChI=1S/C16H14ClFN2/c1-10-6-7-13-15(8-10)20(16(9-17)19-13)14-5-3-4-12(18)11(14)2/h3-8H,9H2,1-2H3. The Hall–Kier alpha value is -1.87. The van der Waals surface area contributed by atoms with Crippen molar-refractivity contribution >= 4 is 22.6 Å². The third kappa shape index (κ3) is 1.98. The molecule has 0 unspecified atom stereocenters. The van der Waals surface area contributed by atoms with Crippen LogP contribution in [0.2, 0.25) is 0 Å². The van der Waals surface area contributed by atoms with Crippen molar-refractivity contribution in [3.8, 4) is 5.69 Å². The minimum Gasteiger partial charge on any atom is -0.295 e. The molecule has 2 nitrogen and oxygen atoms in total. The molecule has 0 radical (unpaired) electrons. The molecule has 4 heteroatoms. The van der Waals surface area contributed by atoms with Crippen LogP contribution in [0.25, 0.3) is 16.7 Å². The van der Waals surface area contributed by atoms with Gasteiger partial charge in [0.15, 0.2) is 0 Å². The number of halogens is 2. The van der Waals surface area contributed by atoms with Crippen molar-refractivity contribution in [3.63, 3.8) is 0 Å². The highest BCUT2D eigenvalue weighted by Gasteiger charge is 2.14. The molecule has 1 aromatic heterocycles. The first-order valence-corrected chi connectivity index (χ1v) is 6.94. The van der Waals surface area contributed by atoms with Crippen molar-refractivity contribution in [2.24, 2.45) is 0 Å². The molecule has 1 heterocycles. The third-order valence-electron chi connectivity index (χ3n) is 3.48. The molecular weight excluding hydrogens is 275 g/mol. The van der Waals surface area contributed by atoms with Gasteiger partial charge in [-0.25, -0.2) is 9.37 Å². The molecule has 0 aliphatic carbocycles. The summed E-state index contributed by atoms with van der Waals surface area (Å²) in [5.41, 5.74) is 4.34. The lowest BCUT2D eigenvalue weighted by molar-refractivity contribution is 0.617. The Morgan fingerprint density at radius 1 is 1.20 bits per heavy atom. The zero-order valence-electron chi connectivity index (χ0n) is 11.3. The van der Waals surface area contributed by atoms with Gasteiger partial charge in [-0.05, 0) is 43.7 Å². The van der Waals surface area contributed by atoms with Gasteiger partial charge in [-0.2, -0.15) is 0 Å². The molecule has 0 saturated heterocycles. The van der Waals surface area contributed by atoms with Crippen LogP contribution in [-0.2, 0) is 5.88 Å². The van der Waals surface area contributed by atoms with E-state index in [9.17, 15) is 4.39 Å². The number of hydrogen-bond donors (Lipinski definition) is 0. The molecule has 0 saturated carbocycles. The van der Waals surface area contributed by atoms with Crippen molar-refractivity contribution in [2.45, 2.75) is 19.7 Å². The molecule has 0 fully saturated rings. The van der Waals surface area contributed by atoms with Gasteiger partial charge >= 0.3 is 0 Å². The number of fused-ring (bicyclic) bond motifs is 1. The van der Waals surface area contributed by atoms with E-state index in [1.165, 1.54) is 6.07 Å². The first-order chi connectivity index (χ1) is 9.61. The Kier molecular flexibility index (Phi) is 3.22. The molecule has 2 aromatic carbocycles. The summed E-state index contributed by atoms with van der Waals surface area (Å²) in [5.74, 6) is 0.780. The first-order valence-electron chi connectivity index (χ1n) is 6.41. The molecule has 0 spiro atoms. The smallest absolute Gasteiger partial charge is 0.129 e. The van der Waals surface area contributed by atoms with E-state index in [0.29, 0.717) is 5.56 Å². The van der Waals surface area contributed by atoms with Gasteiger partial charge in [0, 0.05) is 5.56 Å². The van der Waals surface area contributed by atoms with Crippen LogP contribution in [0.15, 0.2) is 36.4 Å². The quantitative estimate of drug-likeness (QED) is 0.634. The van der Waals surface area contributed by atoms with E-state index < -0.39 is 0 Å². The SMILES string of the molecule is Cc1ccc2nc(CCl)n(-c3cccc(F)c3C)c2c1. The summed E-state index contributed by atoms with van der Waals surface area (Å²) in [5, 5.41) is 0. The lowest BCUT2D eigenvalue weighted by atomic mass is 10.1. The maximum atomic E-state index is 13.8. The molecular formula is C16H14ClFN2. The van der Waals surface area contributed by atoms with E-state index >= 15 is 0 Å². The number of hydrogen-bond acceptors (Lipinski definition) is 1. The van der Waals surface area contributed by atoms with Gasteiger partial charge in [-0.15, -0.1) is 11.6 Å². The second-order valence-corrected chi connectivity index (χ2v) is 5.14. The topological polar surface area (TPSA) is 17.8 Å². The highest BCUT2D eigenvalue weighted by Crippen LogP contribution is 2.26. The van der Waals surface area contributed by atoms with Gasteiger partial charge in [-0.1, -0.05) is 12.1 Å². The van der Waals surface area contributed by atoms with Crippen LogP contribution >= 0.6 is 11.6 Å². The van der Waals surface area contributed by atoms with Crippen molar-refractivity contribution < 1.29 is 4.39 Å². The van der Waals surface area contributed by atoms with Gasteiger partial charge in [0.05, 0.1) is 22.6 Å². The molecule has 0 bridgehead atoms. The summed E-state index contributed by atoms with van der Waals surface area (Å²) in [7, 11) is 0. The normalized spacial score (nSPS) is 11.2. The number of aryl methyl sites for hydroxylation is 1. The Morgan fingerprint density at radius 3 is 2.75 bits per heavy atom. The molecule has 0 amide bonds. The van der Waals surface area contributed by atoms with Crippen molar-refractivity contribution in [1.82, 2.24) is 9.55 Å². The third-order valence-corrected chi connectivity index (χ3v) is 3.72. The Bertz CT molecular complexity index is 793. The van der Waals surface area contributed by atoms with Crippen molar-refractivity contribution in [2.75, 3.05) is 0 Å². The highest BCUT2D eigenvalue weighted by atomic mass is 35.5. The van der Waals surface area contributed by atoms with Crippen molar-refractivity contribution in [3.05, 3.63) is 59.2 Å². The maximum absolute atomic E-state index is 13.8. The minimum atomic E-state index is -0.225. The highest BCUT2D eigenvalue weighted by molar-refractivity contribution is 6.17. The lowest BCUT2D eigenvalue weighted by Gasteiger charge is -2.11. The molecule has 102 valence electrons. The maximum Gasteiger partial charge on any atom is 0.129 e. The molecule has 0 atom stereocenters. The van der Waals surface area contributed by atoms with Gasteiger partial charge in [-0.3, -0.25) is 4.57 Å². The van der Waals surface area contributed by atoms with Gasteiger partial charge in [0.2, 0.25) is 0 Å². The van der Waals surface area contributed by atoms with E-state index in [1.807, 2.05) is 35.8 Å². The fraction of sp³-hybridized carbons (Fsp3) is 0.188. The number of imidazole rings is 1. The van der Waals surface area contributed by atoms with Crippen LogP contribution < -0.4 is 0 Å². The fourth-order valence-corrected chi connectivity index (χ4v) is 2.61. The van der Waals surface area contributed by atoms with E-state index in [-0.39, 0.29) is 11.7 Å². The summed E-state index contributed by atoms with van der Waals surface area (Å²) < 4.78 is 15.8. The molecule has 3 aromatic rings. The average Bonchev–Trinajstić information content (AvgIpc) is 2.79. The molecule has 0 aliphatic heterocycles. The predicted molar refractivity (Wildman–Crippen MR) is 80.1 cm³/mol. The Labute approximate surface area is 121 Å². The summed E-state index contributed by atoms with van der Waals surface area (Å²) in [6.45, 7) is 3.79. The van der Waals surface area contributed by atoms with Crippen LogP contribution in [0.5, 0.6) is 0 Å². The molecule has 20 heavy (non-hydrogen) atoms. The van der Waals surface area contributed by atoms with Gasteiger partial charge < -0.3 is 0 Å². The van der Waals surface area contributed by atoms with Crippen LogP contribution in [0, 0.1) is 19.7 Å². The number of alkyl halides is 1. The van der Waals surface area contributed by atoms with E-state index in [2.05, 4.69) is 4.98 Å². The van der Waals surface area contributed by atoms with E-state index in [0.717, 1.165) is 28.1 Å². The van der Waals surface area contributed by atoms with Crippen LogP contribution in [0.3, 0.4) is 0 Å². The zero-order chi connectivity index (χ0) is 14.3. The Morgan fingerprint density at radius 2 is 2.00 bits per heavy atom. The summed E-state index contributed by atoms with van der Waals surface area (Å²) >= 11 is 6.01. The monoisotopic (exact) mass is 288 g/mol. The van der Waals surface area contributed by atoms with Crippen LogP contribution in [0.1, 0.15) is 17.0 Å². The largest absolute Gasteiger partial charge is 0.295 e. The number of aromatic nitrogens is 2. The second kappa shape index (κ2) is 4.91. The average molecular weight is 289 g/mol. The molecule has 3 rings (SSSR count). The van der Waals surface area contributed by atoms with Gasteiger partial charge in [0.1, 0.15) is 11.6 Å². The molecule has 0 aliphatic rings. The number of rotatable bonds is 2. The fourth-order valence-electron chi connectivity index (χ4n) is 2.43. The van der Waals surface area contributed by atoms with Gasteiger partial charge in [0.25, 0.3) is 0 Å². The lowest BCUT2D eigenvalue weighted by Crippen LogP contribution is -2.03. The van der Waals surface area contributed by atoms with E-state index in [4.69, 9.17) is 11.6 Å². The summed E-state index contributed by atoms with van der Waals surface area (Å²) in [6.07, 6.45) is 0. The van der Waals surface area contributed by atoms with Crippen molar-refractivity contribution in [1.29, 1.82) is 0 Å². The number of nitrogens with zero attached hydrogens (tertiary/aromatic N) is 2. The number of benzene rings is 2. The zero-order valence-corrected chi connectivity index (χ0v) is 12.1. The second-order valence-electron chi connectivity index (χ2n) is 4.87. The van der Waals surface area contributed by atoms with Crippen LogP contribution in [-0.4, -0.2) is 9.55 Å². The first kappa shape index (κ1) is 13.1. The van der Waals surface area contributed by atoms with E-state index in [1.54, 1.807) is 13.0 Å². The minimum absolute atomic E-state index is 0.225. The summed E-state index contributed by atoms with van der Waals surface area (Å²) in [4.78, 5) is 4.53.